The first-order chi connectivity index (χ1) is 18.3. The SMILES string of the molecule is Cc1ccc(-n2c(C)cc([C@H]3[C@H](c4ccccn4)NC(=S)N3CCC(=O)Nc3cccc(C)c3)c2C)cc1. The van der Waals surface area contributed by atoms with Gasteiger partial charge in [-0.3, -0.25) is 9.78 Å². The zero-order valence-electron chi connectivity index (χ0n) is 22.2. The summed E-state index contributed by atoms with van der Waals surface area (Å²) in [5.41, 5.74) is 8.67. The summed E-state index contributed by atoms with van der Waals surface area (Å²) in [5, 5.41) is 7.16. The lowest BCUT2D eigenvalue weighted by Gasteiger charge is -2.28. The van der Waals surface area contributed by atoms with E-state index in [1.54, 1.807) is 0 Å². The molecule has 1 aliphatic heterocycles. The number of nitrogens with one attached hydrogen (secondary N) is 2. The molecule has 0 aliphatic carbocycles. The third-order valence-electron chi connectivity index (χ3n) is 7.16. The molecule has 4 aromatic rings. The number of aromatic nitrogens is 2. The molecule has 38 heavy (non-hydrogen) atoms. The smallest absolute Gasteiger partial charge is 0.226 e. The number of amides is 1. The number of benzene rings is 2. The first-order valence-corrected chi connectivity index (χ1v) is 13.3. The molecule has 7 heteroatoms. The van der Waals surface area contributed by atoms with Crippen LogP contribution in [-0.2, 0) is 4.79 Å². The van der Waals surface area contributed by atoms with E-state index in [4.69, 9.17) is 12.2 Å². The molecule has 2 aromatic heterocycles. The van der Waals surface area contributed by atoms with Gasteiger partial charge in [0.1, 0.15) is 0 Å². The second-order valence-electron chi connectivity index (χ2n) is 9.99. The molecule has 5 rings (SSSR count). The van der Waals surface area contributed by atoms with Crippen LogP contribution in [-0.4, -0.2) is 32.0 Å². The number of carbonyl (C=O) groups excluding carboxylic acids is 1. The van der Waals surface area contributed by atoms with E-state index in [2.05, 4.69) is 76.2 Å². The fraction of sp³-hybridized carbons (Fsp3) is 0.258. The third kappa shape index (κ3) is 5.20. The second-order valence-corrected chi connectivity index (χ2v) is 10.4. The van der Waals surface area contributed by atoms with Gasteiger partial charge in [0.25, 0.3) is 0 Å². The number of hydrogen-bond acceptors (Lipinski definition) is 3. The van der Waals surface area contributed by atoms with Crippen molar-refractivity contribution in [2.24, 2.45) is 0 Å². The molecule has 2 aromatic carbocycles. The summed E-state index contributed by atoms with van der Waals surface area (Å²) in [6.45, 7) is 8.89. The van der Waals surface area contributed by atoms with E-state index in [0.717, 1.165) is 34.0 Å². The number of rotatable bonds is 7. The summed E-state index contributed by atoms with van der Waals surface area (Å²) in [7, 11) is 0. The Labute approximate surface area is 229 Å². The van der Waals surface area contributed by atoms with Crippen molar-refractivity contribution < 1.29 is 4.79 Å². The van der Waals surface area contributed by atoms with Crippen LogP contribution in [0.15, 0.2) is 79.0 Å². The van der Waals surface area contributed by atoms with Crippen LogP contribution in [0.25, 0.3) is 5.69 Å². The number of hydrogen-bond donors (Lipinski definition) is 2. The predicted molar refractivity (Wildman–Crippen MR) is 157 cm³/mol. The van der Waals surface area contributed by atoms with Gasteiger partial charge >= 0.3 is 0 Å². The molecule has 0 saturated carbocycles. The Morgan fingerprint density at radius 2 is 1.76 bits per heavy atom. The largest absolute Gasteiger partial charge is 0.352 e. The molecule has 1 saturated heterocycles. The van der Waals surface area contributed by atoms with Crippen LogP contribution >= 0.6 is 12.2 Å². The van der Waals surface area contributed by atoms with E-state index in [1.165, 1.54) is 11.1 Å². The fourth-order valence-electron chi connectivity index (χ4n) is 5.33. The quantitative estimate of drug-likeness (QED) is 0.286. The zero-order chi connectivity index (χ0) is 26.8. The van der Waals surface area contributed by atoms with Crippen LogP contribution in [0.2, 0.25) is 0 Å². The van der Waals surface area contributed by atoms with Crippen molar-refractivity contribution in [2.45, 2.75) is 46.2 Å². The Bertz CT molecular complexity index is 1460. The van der Waals surface area contributed by atoms with E-state index < -0.39 is 0 Å². The van der Waals surface area contributed by atoms with Gasteiger partial charge in [-0.1, -0.05) is 35.9 Å². The van der Waals surface area contributed by atoms with Crippen molar-refractivity contribution in [2.75, 3.05) is 11.9 Å². The van der Waals surface area contributed by atoms with E-state index in [-0.39, 0.29) is 18.0 Å². The van der Waals surface area contributed by atoms with Gasteiger partial charge in [-0.25, -0.2) is 0 Å². The molecule has 1 aliphatic rings. The third-order valence-corrected chi connectivity index (χ3v) is 7.51. The number of pyridine rings is 1. The molecule has 0 spiro atoms. The molecule has 2 atom stereocenters. The standard InChI is InChI=1S/C31H33N5OS/c1-20-11-13-25(14-12-20)36-22(3)19-26(23(36)4)30-29(27-10-5-6-16-32-27)34-31(38)35(30)17-15-28(37)33-24-9-7-8-21(2)18-24/h5-14,16,18-19,29-30H,15,17H2,1-4H3,(H,33,37)(H,34,38)/t29-,30-/m0/s1. The van der Waals surface area contributed by atoms with Crippen molar-refractivity contribution in [3.8, 4) is 5.69 Å². The van der Waals surface area contributed by atoms with Crippen LogP contribution in [0.5, 0.6) is 0 Å². The van der Waals surface area contributed by atoms with Crippen molar-refractivity contribution in [1.29, 1.82) is 0 Å². The van der Waals surface area contributed by atoms with E-state index in [0.29, 0.717) is 18.1 Å². The highest BCUT2D eigenvalue weighted by Gasteiger charge is 2.41. The molecule has 3 heterocycles. The summed E-state index contributed by atoms with van der Waals surface area (Å²) >= 11 is 5.83. The number of nitrogens with zero attached hydrogens (tertiary/aromatic N) is 3. The monoisotopic (exact) mass is 523 g/mol. The van der Waals surface area contributed by atoms with Crippen LogP contribution in [0.4, 0.5) is 5.69 Å². The fourth-order valence-corrected chi connectivity index (χ4v) is 5.66. The van der Waals surface area contributed by atoms with Gasteiger partial charge < -0.3 is 20.1 Å². The molecule has 2 N–H and O–H groups in total. The minimum Gasteiger partial charge on any atom is -0.352 e. The Hall–Kier alpha value is -3.97. The summed E-state index contributed by atoms with van der Waals surface area (Å²) in [6.07, 6.45) is 2.13. The topological polar surface area (TPSA) is 62.2 Å². The average Bonchev–Trinajstić information content (AvgIpc) is 3.38. The maximum atomic E-state index is 12.9. The lowest BCUT2D eigenvalue weighted by molar-refractivity contribution is -0.116. The zero-order valence-corrected chi connectivity index (χ0v) is 23.0. The van der Waals surface area contributed by atoms with Gasteiger partial charge in [0, 0.05) is 41.9 Å². The Morgan fingerprint density at radius 1 is 0.974 bits per heavy atom. The normalized spacial score (nSPS) is 16.9. The van der Waals surface area contributed by atoms with Gasteiger partial charge in [0.2, 0.25) is 5.91 Å². The van der Waals surface area contributed by atoms with Crippen molar-refractivity contribution in [1.82, 2.24) is 19.8 Å². The van der Waals surface area contributed by atoms with Crippen molar-refractivity contribution in [3.63, 3.8) is 0 Å². The molecule has 194 valence electrons. The van der Waals surface area contributed by atoms with Crippen LogP contribution in [0.3, 0.4) is 0 Å². The highest BCUT2D eigenvalue weighted by Crippen LogP contribution is 2.41. The highest BCUT2D eigenvalue weighted by atomic mass is 32.1. The lowest BCUT2D eigenvalue weighted by atomic mass is 9.96. The van der Waals surface area contributed by atoms with E-state index in [9.17, 15) is 4.79 Å². The highest BCUT2D eigenvalue weighted by molar-refractivity contribution is 7.80. The first-order valence-electron chi connectivity index (χ1n) is 12.9. The molecule has 1 fully saturated rings. The predicted octanol–water partition coefficient (Wildman–Crippen LogP) is 6.11. The minimum atomic E-state index is -0.129. The molecule has 0 unspecified atom stereocenters. The average molecular weight is 524 g/mol. The first kappa shape index (κ1) is 25.7. The second kappa shape index (κ2) is 10.8. The summed E-state index contributed by atoms with van der Waals surface area (Å²) in [5.74, 6) is -0.0384. The van der Waals surface area contributed by atoms with Crippen LogP contribution in [0, 0.1) is 27.7 Å². The number of aryl methyl sites for hydroxylation is 3. The summed E-state index contributed by atoms with van der Waals surface area (Å²) < 4.78 is 2.29. The van der Waals surface area contributed by atoms with E-state index in [1.807, 2.05) is 55.6 Å². The Kier molecular flexibility index (Phi) is 7.29. The molecular weight excluding hydrogens is 490 g/mol. The molecular formula is C31H33N5OS. The Morgan fingerprint density at radius 3 is 2.47 bits per heavy atom. The molecule has 0 bridgehead atoms. The lowest BCUT2D eigenvalue weighted by Crippen LogP contribution is -2.32. The number of anilines is 1. The minimum absolute atomic E-state index is 0.0384. The van der Waals surface area contributed by atoms with Gasteiger partial charge in [-0.05, 0) is 93.5 Å². The van der Waals surface area contributed by atoms with Gasteiger partial charge in [0.15, 0.2) is 5.11 Å². The summed E-state index contributed by atoms with van der Waals surface area (Å²) in [4.78, 5) is 19.7. The summed E-state index contributed by atoms with van der Waals surface area (Å²) in [6, 6.07) is 24.4. The van der Waals surface area contributed by atoms with Gasteiger partial charge in [0.05, 0.1) is 17.8 Å². The molecule has 1 amide bonds. The van der Waals surface area contributed by atoms with Crippen LogP contribution in [0.1, 0.15) is 52.3 Å². The maximum absolute atomic E-state index is 12.9. The van der Waals surface area contributed by atoms with Gasteiger partial charge in [-0.2, -0.15) is 0 Å². The van der Waals surface area contributed by atoms with Crippen molar-refractivity contribution >= 4 is 28.9 Å². The Balaban J connectivity index is 1.46. The van der Waals surface area contributed by atoms with E-state index >= 15 is 0 Å². The van der Waals surface area contributed by atoms with Crippen molar-refractivity contribution in [3.05, 3.63) is 113 Å². The van der Waals surface area contributed by atoms with Crippen LogP contribution < -0.4 is 10.6 Å². The van der Waals surface area contributed by atoms with Gasteiger partial charge in [-0.15, -0.1) is 0 Å². The number of carbonyl (C=O) groups is 1. The maximum Gasteiger partial charge on any atom is 0.226 e. The molecule has 6 nitrogen and oxygen atoms in total. The molecule has 0 radical (unpaired) electrons. The number of thiocarbonyl (C=S) groups is 1.